The molecule has 0 aromatic heterocycles. The Hall–Kier alpha value is -1.56. The summed E-state index contributed by atoms with van der Waals surface area (Å²) < 4.78 is 0. The molecule has 0 amide bonds. The Bertz CT molecular complexity index is 328. The molecule has 0 heteroatoms. The molecule has 1 aromatic carbocycles. The van der Waals surface area contributed by atoms with Gasteiger partial charge in [-0.1, -0.05) is 82.5 Å². The van der Waals surface area contributed by atoms with E-state index in [4.69, 9.17) is 0 Å². The van der Waals surface area contributed by atoms with Crippen molar-refractivity contribution in [1.29, 1.82) is 0 Å². The van der Waals surface area contributed by atoms with Crippen LogP contribution < -0.4 is 0 Å². The summed E-state index contributed by atoms with van der Waals surface area (Å²) in [5.41, 5.74) is 3.21. The minimum absolute atomic E-state index is 0. The molecule has 88 valence electrons. The first-order chi connectivity index (χ1) is 7.20. The predicted octanol–water partition coefficient (Wildman–Crippen LogP) is 5.49. The van der Waals surface area contributed by atoms with Gasteiger partial charge in [0.1, 0.15) is 0 Å². The number of benzene rings is 1. The molecule has 0 saturated heterocycles. The van der Waals surface area contributed by atoms with E-state index in [0.717, 1.165) is 16.7 Å². The fraction of sp³-hybridized carbons (Fsp3) is 0.250. The molecule has 0 heterocycles. The maximum Gasteiger partial charge on any atom is -0.0190 e. The Morgan fingerprint density at radius 2 is 1.50 bits per heavy atom. The summed E-state index contributed by atoms with van der Waals surface area (Å²) in [6.07, 6.45) is 3.95. The molecule has 0 unspecified atom stereocenters. The highest BCUT2D eigenvalue weighted by Gasteiger charge is 1.91. The van der Waals surface area contributed by atoms with Crippen molar-refractivity contribution in [3.63, 3.8) is 0 Å². The minimum Gasteiger partial charge on any atom is -0.0961 e. The molecule has 0 nitrogen and oxygen atoms in total. The van der Waals surface area contributed by atoms with Gasteiger partial charge in [-0.2, -0.15) is 0 Å². The lowest BCUT2D eigenvalue weighted by Crippen LogP contribution is -1.76. The van der Waals surface area contributed by atoms with E-state index in [1.807, 2.05) is 63.3 Å². The third-order valence-electron chi connectivity index (χ3n) is 1.71. The van der Waals surface area contributed by atoms with Crippen LogP contribution in [0.4, 0.5) is 0 Å². The fourth-order valence-corrected chi connectivity index (χ4v) is 0.991. The van der Waals surface area contributed by atoms with Gasteiger partial charge in [0.25, 0.3) is 0 Å². The quantitative estimate of drug-likeness (QED) is 0.586. The van der Waals surface area contributed by atoms with Gasteiger partial charge < -0.3 is 0 Å². The SMILES string of the molecule is C.C=C(C)/C=C\C(=C)c1ccccc1.CC. The van der Waals surface area contributed by atoms with Crippen LogP contribution in [-0.4, -0.2) is 0 Å². The van der Waals surface area contributed by atoms with Crippen molar-refractivity contribution in [2.45, 2.75) is 28.2 Å². The molecule has 0 aliphatic carbocycles. The first-order valence-electron chi connectivity index (χ1n) is 5.28. The molecule has 0 aliphatic heterocycles. The zero-order valence-electron chi connectivity index (χ0n) is 9.96. The summed E-state index contributed by atoms with van der Waals surface area (Å²) in [5.74, 6) is 0. The van der Waals surface area contributed by atoms with Crippen LogP contribution in [0.2, 0.25) is 0 Å². The Balaban J connectivity index is 0. The monoisotopic (exact) mass is 216 g/mol. The van der Waals surface area contributed by atoms with Crippen molar-refractivity contribution in [3.05, 3.63) is 66.8 Å². The van der Waals surface area contributed by atoms with Crippen LogP contribution >= 0.6 is 0 Å². The predicted molar refractivity (Wildman–Crippen MR) is 77.5 cm³/mol. The second kappa shape index (κ2) is 9.97. The van der Waals surface area contributed by atoms with Gasteiger partial charge in [-0.3, -0.25) is 0 Å². The molecule has 1 rings (SSSR count). The first kappa shape index (κ1) is 16.9. The average molecular weight is 216 g/mol. The van der Waals surface area contributed by atoms with Crippen molar-refractivity contribution < 1.29 is 0 Å². The third kappa shape index (κ3) is 6.83. The lowest BCUT2D eigenvalue weighted by molar-refractivity contribution is 1.50. The van der Waals surface area contributed by atoms with Crippen LogP contribution in [0.5, 0.6) is 0 Å². The summed E-state index contributed by atoms with van der Waals surface area (Å²) in [6, 6.07) is 10.1. The van der Waals surface area contributed by atoms with Crippen molar-refractivity contribution in [3.8, 4) is 0 Å². The highest BCUT2D eigenvalue weighted by Crippen LogP contribution is 2.13. The van der Waals surface area contributed by atoms with Gasteiger partial charge in [-0.15, -0.1) is 0 Å². The molecule has 0 radical (unpaired) electrons. The van der Waals surface area contributed by atoms with Crippen molar-refractivity contribution in [2.24, 2.45) is 0 Å². The fourth-order valence-electron chi connectivity index (χ4n) is 0.991. The van der Waals surface area contributed by atoms with Crippen molar-refractivity contribution >= 4 is 5.57 Å². The van der Waals surface area contributed by atoms with Crippen molar-refractivity contribution in [1.82, 2.24) is 0 Å². The molecule has 0 aliphatic rings. The maximum atomic E-state index is 3.97. The Kier molecular flexibility index (Phi) is 10.5. The molecule has 0 N–H and O–H groups in total. The minimum atomic E-state index is 0. The largest absolute Gasteiger partial charge is 0.0961 e. The maximum absolute atomic E-state index is 3.97. The van der Waals surface area contributed by atoms with Crippen LogP contribution in [0.25, 0.3) is 5.57 Å². The Morgan fingerprint density at radius 1 is 1.00 bits per heavy atom. The van der Waals surface area contributed by atoms with Gasteiger partial charge >= 0.3 is 0 Å². The molecule has 1 aromatic rings. The molecule has 0 atom stereocenters. The Morgan fingerprint density at radius 3 is 1.94 bits per heavy atom. The van der Waals surface area contributed by atoms with E-state index in [1.165, 1.54) is 0 Å². The average Bonchev–Trinajstić information content (AvgIpc) is 2.30. The molecule has 0 bridgehead atoms. The highest BCUT2D eigenvalue weighted by atomic mass is 14.0. The van der Waals surface area contributed by atoms with Gasteiger partial charge in [-0.25, -0.2) is 0 Å². The number of rotatable bonds is 3. The number of hydrogen-bond donors (Lipinski definition) is 0. The van der Waals surface area contributed by atoms with Crippen LogP contribution in [0.1, 0.15) is 33.8 Å². The highest BCUT2D eigenvalue weighted by molar-refractivity contribution is 5.72. The summed E-state index contributed by atoms with van der Waals surface area (Å²) in [4.78, 5) is 0. The lowest BCUT2D eigenvalue weighted by atomic mass is 10.1. The van der Waals surface area contributed by atoms with Crippen LogP contribution in [0.15, 0.2) is 61.2 Å². The molecule has 16 heavy (non-hydrogen) atoms. The number of allylic oxidation sites excluding steroid dienone is 4. The van der Waals surface area contributed by atoms with Crippen LogP contribution in [-0.2, 0) is 0 Å². The van der Waals surface area contributed by atoms with Crippen LogP contribution in [0, 0.1) is 0 Å². The van der Waals surface area contributed by atoms with Gasteiger partial charge in [0.15, 0.2) is 0 Å². The molecular formula is C16H24. The van der Waals surface area contributed by atoms with E-state index in [-0.39, 0.29) is 7.43 Å². The van der Waals surface area contributed by atoms with E-state index >= 15 is 0 Å². The van der Waals surface area contributed by atoms with Gasteiger partial charge in [0.2, 0.25) is 0 Å². The normalized spacial score (nSPS) is 8.69. The third-order valence-corrected chi connectivity index (χ3v) is 1.71. The second-order valence-electron chi connectivity index (χ2n) is 3.07. The Labute approximate surface area is 101 Å². The lowest BCUT2D eigenvalue weighted by Gasteiger charge is -1.98. The molecule has 0 saturated carbocycles. The standard InChI is InChI=1S/C13H14.C2H6.CH4/c1-11(2)9-10-12(3)13-7-5-4-6-8-13;1-2;/h4-10H,1,3H2,2H3;1-2H3;1H4/b10-9-;;. The van der Waals surface area contributed by atoms with E-state index in [1.54, 1.807) is 0 Å². The summed E-state index contributed by atoms with van der Waals surface area (Å²) in [6.45, 7) is 13.7. The zero-order chi connectivity index (χ0) is 11.7. The smallest absolute Gasteiger partial charge is 0.0190 e. The topological polar surface area (TPSA) is 0 Å². The first-order valence-corrected chi connectivity index (χ1v) is 5.28. The van der Waals surface area contributed by atoms with E-state index in [2.05, 4.69) is 13.2 Å². The second-order valence-corrected chi connectivity index (χ2v) is 3.07. The van der Waals surface area contributed by atoms with Gasteiger partial charge in [0.05, 0.1) is 0 Å². The van der Waals surface area contributed by atoms with Crippen molar-refractivity contribution in [2.75, 3.05) is 0 Å². The number of hydrogen-bond acceptors (Lipinski definition) is 0. The summed E-state index contributed by atoms with van der Waals surface area (Å²) in [5, 5.41) is 0. The molecular weight excluding hydrogens is 192 g/mol. The van der Waals surface area contributed by atoms with E-state index < -0.39 is 0 Å². The van der Waals surface area contributed by atoms with Gasteiger partial charge in [0, 0.05) is 0 Å². The zero-order valence-corrected chi connectivity index (χ0v) is 9.96. The van der Waals surface area contributed by atoms with E-state index in [0.29, 0.717) is 0 Å². The molecule has 0 spiro atoms. The van der Waals surface area contributed by atoms with Gasteiger partial charge in [-0.05, 0) is 18.1 Å². The summed E-state index contributed by atoms with van der Waals surface area (Å²) in [7, 11) is 0. The molecule has 0 fully saturated rings. The van der Waals surface area contributed by atoms with E-state index in [9.17, 15) is 0 Å². The summed E-state index contributed by atoms with van der Waals surface area (Å²) >= 11 is 0. The van der Waals surface area contributed by atoms with Crippen LogP contribution in [0.3, 0.4) is 0 Å².